The maximum atomic E-state index is 7.00. The highest BCUT2D eigenvalue weighted by atomic mass is 16.2. The number of aliphatic hydroxyl groups is 2. The summed E-state index contributed by atoms with van der Waals surface area (Å²) in [6.45, 7) is 0. The third kappa shape index (κ3) is 9.88. The molecule has 0 aromatic carbocycles. The van der Waals surface area contributed by atoms with Crippen molar-refractivity contribution in [2.75, 3.05) is 14.2 Å². The molecule has 1 rings (SSSR count). The summed E-state index contributed by atoms with van der Waals surface area (Å²) in [6, 6.07) is 0.536. The van der Waals surface area contributed by atoms with E-state index in [4.69, 9.17) is 15.9 Å². The second-order valence-electron chi connectivity index (χ2n) is 2.40. The van der Waals surface area contributed by atoms with Gasteiger partial charge in [0.1, 0.15) is 0 Å². The van der Waals surface area contributed by atoms with E-state index < -0.39 is 0 Å². The molecule has 0 aliphatic heterocycles. The fourth-order valence-electron chi connectivity index (χ4n) is 1.13. The van der Waals surface area contributed by atoms with Crippen molar-refractivity contribution in [1.82, 2.24) is 0 Å². The van der Waals surface area contributed by atoms with Gasteiger partial charge in [0, 0.05) is 20.3 Å². The Kier molecular flexibility index (Phi) is 15.4. The lowest BCUT2D eigenvalue weighted by Crippen LogP contribution is -2.22. The van der Waals surface area contributed by atoms with Gasteiger partial charge in [0.2, 0.25) is 0 Å². The Bertz CT molecular complexity index is 54.1. The zero-order valence-electron chi connectivity index (χ0n) is 7.58. The SMILES string of the molecule is CO.CO.NC1CCCCC1. The number of nitrogens with two attached hydrogens (primary N) is 1. The summed E-state index contributed by atoms with van der Waals surface area (Å²) in [5.41, 5.74) is 5.63. The van der Waals surface area contributed by atoms with Crippen molar-refractivity contribution in [2.45, 2.75) is 38.1 Å². The average molecular weight is 163 g/mol. The zero-order chi connectivity index (χ0) is 9.11. The minimum Gasteiger partial charge on any atom is -0.400 e. The van der Waals surface area contributed by atoms with Crippen molar-refractivity contribution in [3.8, 4) is 0 Å². The second-order valence-corrected chi connectivity index (χ2v) is 2.40. The lowest BCUT2D eigenvalue weighted by atomic mass is 9.97. The molecule has 0 amide bonds. The van der Waals surface area contributed by atoms with E-state index in [0.29, 0.717) is 6.04 Å². The van der Waals surface area contributed by atoms with E-state index in [-0.39, 0.29) is 0 Å². The van der Waals surface area contributed by atoms with Crippen LogP contribution in [-0.4, -0.2) is 30.5 Å². The molecule has 1 aliphatic carbocycles. The van der Waals surface area contributed by atoms with E-state index in [2.05, 4.69) is 0 Å². The Hall–Kier alpha value is -0.120. The third-order valence-corrected chi connectivity index (χ3v) is 1.65. The first-order valence-electron chi connectivity index (χ1n) is 4.04. The van der Waals surface area contributed by atoms with Crippen LogP contribution >= 0.6 is 0 Å². The first-order valence-corrected chi connectivity index (χ1v) is 4.04. The van der Waals surface area contributed by atoms with Gasteiger partial charge in [0.15, 0.2) is 0 Å². The Balaban J connectivity index is 0. The highest BCUT2D eigenvalue weighted by Crippen LogP contribution is 2.14. The van der Waals surface area contributed by atoms with Crippen LogP contribution in [0.4, 0.5) is 0 Å². The van der Waals surface area contributed by atoms with Crippen LogP contribution in [0.3, 0.4) is 0 Å². The Morgan fingerprint density at radius 2 is 1.27 bits per heavy atom. The Labute approximate surface area is 69.2 Å². The van der Waals surface area contributed by atoms with Crippen LogP contribution in [0.5, 0.6) is 0 Å². The standard InChI is InChI=1S/C6H13N.2CH4O/c7-6-4-2-1-3-5-6;2*1-2/h6H,1-5,7H2;2*2H,1H3. The van der Waals surface area contributed by atoms with Crippen molar-refractivity contribution < 1.29 is 10.2 Å². The van der Waals surface area contributed by atoms with E-state index in [1.165, 1.54) is 32.1 Å². The lowest BCUT2D eigenvalue weighted by molar-refractivity contribution is 0.399. The van der Waals surface area contributed by atoms with E-state index in [1.54, 1.807) is 0 Å². The number of rotatable bonds is 0. The van der Waals surface area contributed by atoms with Gasteiger partial charge in [-0.2, -0.15) is 0 Å². The van der Waals surface area contributed by atoms with Gasteiger partial charge in [-0.3, -0.25) is 0 Å². The Morgan fingerprint density at radius 1 is 0.909 bits per heavy atom. The van der Waals surface area contributed by atoms with Gasteiger partial charge >= 0.3 is 0 Å². The van der Waals surface area contributed by atoms with Crippen molar-refractivity contribution in [2.24, 2.45) is 5.73 Å². The fraction of sp³-hybridized carbons (Fsp3) is 1.00. The molecule has 0 atom stereocenters. The van der Waals surface area contributed by atoms with Gasteiger partial charge in [-0.25, -0.2) is 0 Å². The van der Waals surface area contributed by atoms with E-state index in [1.807, 2.05) is 0 Å². The highest BCUT2D eigenvalue weighted by Gasteiger charge is 2.06. The molecule has 0 saturated heterocycles. The van der Waals surface area contributed by atoms with Crippen LogP contribution in [0.25, 0.3) is 0 Å². The summed E-state index contributed by atoms with van der Waals surface area (Å²) in [4.78, 5) is 0. The molecule has 0 aromatic heterocycles. The van der Waals surface area contributed by atoms with Crippen LogP contribution < -0.4 is 5.73 Å². The molecule has 1 aliphatic rings. The molecule has 0 radical (unpaired) electrons. The van der Waals surface area contributed by atoms with E-state index in [0.717, 1.165) is 14.2 Å². The minimum absolute atomic E-state index is 0.536. The quantitative estimate of drug-likeness (QED) is 0.487. The predicted octanol–water partition coefficient (Wildman–Crippen LogP) is 0.495. The molecule has 1 fully saturated rings. The van der Waals surface area contributed by atoms with E-state index in [9.17, 15) is 0 Å². The number of hydrogen-bond acceptors (Lipinski definition) is 3. The molecule has 0 unspecified atom stereocenters. The van der Waals surface area contributed by atoms with Crippen molar-refractivity contribution in [1.29, 1.82) is 0 Å². The summed E-state index contributed by atoms with van der Waals surface area (Å²) < 4.78 is 0. The topological polar surface area (TPSA) is 66.5 Å². The highest BCUT2D eigenvalue weighted by molar-refractivity contribution is 4.66. The summed E-state index contributed by atoms with van der Waals surface area (Å²) in [7, 11) is 2.00. The average Bonchev–Trinajstić information content (AvgIpc) is 2.13. The first-order chi connectivity index (χ1) is 5.39. The first kappa shape index (κ1) is 13.5. The maximum Gasteiger partial charge on any atom is 0.0319 e. The number of hydrogen-bond donors (Lipinski definition) is 3. The van der Waals surface area contributed by atoms with Crippen LogP contribution in [0.2, 0.25) is 0 Å². The molecule has 0 aromatic rings. The summed E-state index contributed by atoms with van der Waals surface area (Å²) in [6.07, 6.45) is 6.66. The largest absolute Gasteiger partial charge is 0.400 e. The molecule has 0 spiro atoms. The molecule has 3 heteroatoms. The summed E-state index contributed by atoms with van der Waals surface area (Å²) in [5.74, 6) is 0. The molecular formula is C8H21NO2. The van der Waals surface area contributed by atoms with E-state index >= 15 is 0 Å². The molecule has 0 heterocycles. The number of aliphatic hydroxyl groups excluding tert-OH is 2. The molecular weight excluding hydrogens is 142 g/mol. The minimum atomic E-state index is 0.536. The normalized spacial score (nSPS) is 17.2. The lowest BCUT2D eigenvalue weighted by Gasteiger charge is -2.15. The predicted molar refractivity (Wildman–Crippen MR) is 47.3 cm³/mol. The summed E-state index contributed by atoms with van der Waals surface area (Å²) >= 11 is 0. The maximum absolute atomic E-state index is 7.00. The second kappa shape index (κ2) is 12.5. The molecule has 70 valence electrons. The third-order valence-electron chi connectivity index (χ3n) is 1.65. The van der Waals surface area contributed by atoms with Crippen LogP contribution in [0.15, 0.2) is 0 Å². The van der Waals surface area contributed by atoms with Gasteiger partial charge in [-0.15, -0.1) is 0 Å². The monoisotopic (exact) mass is 163 g/mol. The van der Waals surface area contributed by atoms with Gasteiger partial charge < -0.3 is 15.9 Å². The van der Waals surface area contributed by atoms with Crippen molar-refractivity contribution in [3.63, 3.8) is 0 Å². The molecule has 1 saturated carbocycles. The van der Waals surface area contributed by atoms with Crippen molar-refractivity contribution >= 4 is 0 Å². The van der Waals surface area contributed by atoms with Crippen molar-refractivity contribution in [3.05, 3.63) is 0 Å². The van der Waals surface area contributed by atoms with Gasteiger partial charge in [0.25, 0.3) is 0 Å². The van der Waals surface area contributed by atoms with Gasteiger partial charge in [-0.05, 0) is 12.8 Å². The van der Waals surface area contributed by atoms with Crippen LogP contribution in [0, 0.1) is 0 Å². The molecule has 4 N–H and O–H groups in total. The van der Waals surface area contributed by atoms with Gasteiger partial charge in [-0.1, -0.05) is 19.3 Å². The zero-order valence-corrected chi connectivity index (χ0v) is 7.58. The molecule has 11 heavy (non-hydrogen) atoms. The fourth-order valence-corrected chi connectivity index (χ4v) is 1.13. The molecule has 0 bridgehead atoms. The summed E-state index contributed by atoms with van der Waals surface area (Å²) in [5, 5.41) is 14.0. The molecule has 3 nitrogen and oxygen atoms in total. The Morgan fingerprint density at radius 3 is 1.45 bits per heavy atom. The smallest absolute Gasteiger partial charge is 0.0319 e. The van der Waals surface area contributed by atoms with Crippen LogP contribution in [0.1, 0.15) is 32.1 Å². The van der Waals surface area contributed by atoms with Gasteiger partial charge in [0.05, 0.1) is 0 Å². The van der Waals surface area contributed by atoms with Crippen LogP contribution in [-0.2, 0) is 0 Å².